The topological polar surface area (TPSA) is 60.5 Å². The van der Waals surface area contributed by atoms with E-state index in [-0.39, 0.29) is 5.91 Å². The number of alkyl halides is 2. The molecule has 0 saturated carbocycles. The lowest BCUT2D eigenvalue weighted by atomic mass is 10.3. The van der Waals surface area contributed by atoms with E-state index in [0.717, 1.165) is 5.75 Å². The summed E-state index contributed by atoms with van der Waals surface area (Å²) in [7, 11) is 0. The Bertz CT molecular complexity index is 1200. The molecule has 4 aromatic rings. The number of aromatic nitrogens is 1. The van der Waals surface area contributed by atoms with Crippen LogP contribution in [-0.4, -0.2) is 22.8 Å². The van der Waals surface area contributed by atoms with Gasteiger partial charge in [0.1, 0.15) is 17.2 Å². The Hall–Kier alpha value is -3.17. The lowest BCUT2D eigenvalue weighted by Gasteiger charge is -2.14. The summed E-state index contributed by atoms with van der Waals surface area (Å²) in [6, 6.07) is 21.3. The van der Waals surface area contributed by atoms with Crippen LogP contribution in [0.1, 0.15) is 6.92 Å². The predicted octanol–water partition coefficient (Wildman–Crippen LogP) is 6.81. The molecule has 9 heteroatoms. The van der Waals surface area contributed by atoms with Gasteiger partial charge in [-0.1, -0.05) is 41.3 Å². The van der Waals surface area contributed by atoms with E-state index >= 15 is 0 Å². The molecule has 3 aromatic carbocycles. The summed E-state index contributed by atoms with van der Waals surface area (Å²) in [4.78, 5) is 17.3. The SMILES string of the molecule is CC(Oc1ccc(Oc2ccccc2)cc1)C(=O)Nc1nc2ccc(SC(F)F)cc2s1. The number of amides is 1. The maximum atomic E-state index is 12.6. The number of para-hydroxylation sites is 1. The third kappa shape index (κ3) is 5.74. The molecule has 0 aliphatic rings. The van der Waals surface area contributed by atoms with Crippen LogP contribution in [-0.2, 0) is 4.79 Å². The van der Waals surface area contributed by atoms with Crippen molar-refractivity contribution in [2.45, 2.75) is 23.7 Å². The zero-order valence-electron chi connectivity index (χ0n) is 16.8. The number of halogens is 2. The fourth-order valence-corrected chi connectivity index (χ4v) is 4.33. The highest BCUT2D eigenvalue weighted by molar-refractivity contribution is 7.99. The van der Waals surface area contributed by atoms with E-state index in [2.05, 4.69) is 10.3 Å². The molecule has 0 fully saturated rings. The number of ether oxygens (including phenoxy) is 2. The minimum atomic E-state index is -2.49. The summed E-state index contributed by atoms with van der Waals surface area (Å²) in [5, 5.41) is 3.10. The van der Waals surface area contributed by atoms with Gasteiger partial charge in [-0.25, -0.2) is 4.98 Å². The van der Waals surface area contributed by atoms with Crippen LogP contribution in [0.3, 0.4) is 0 Å². The molecule has 0 aliphatic heterocycles. The average molecular weight is 473 g/mol. The number of hydrogen-bond acceptors (Lipinski definition) is 6. The first kappa shape index (κ1) is 22.0. The smallest absolute Gasteiger partial charge is 0.288 e. The van der Waals surface area contributed by atoms with Gasteiger partial charge in [-0.05, 0) is 61.5 Å². The molecule has 4 rings (SSSR count). The lowest BCUT2D eigenvalue weighted by Crippen LogP contribution is -2.30. The molecule has 32 heavy (non-hydrogen) atoms. The molecule has 0 radical (unpaired) electrons. The number of nitrogens with one attached hydrogen (secondary N) is 1. The number of carbonyl (C=O) groups excluding carboxylic acids is 1. The second-order valence-corrected chi connectivity index (χ2v) is 8.76. The summed E-state index contributed by atoms with van der Waals surface area (Å²) in [5.41, 5.74) is 0.631. The van der Waals surface area contributed by atoms with Crippen LogP contribution in [0.25, 0.3) is 10.2 Å². The summed E-state index contributed by atoms with van der Waals surface area (Å²) in [5.74, 6) is -0.956. The summed E-state index contributed by atoms with van der Waals surface area (Å²) in [6.45, 7) is 1.63. The number of hydrogen-bond donors (Lipinski definition) is 1. The number of carbonyl (C=O) groups is 1. The zero-order valence-corrected chi connectivity index (χ0v) is 18.5. The molecule has 1 unspecified atom stereocenters. The quantitative estimate of drug-likeness (QED) is 0.286. The third-order valence-corrected chi connectivity index (χ3v) is 5.94. The Balaban J connectivity index is 1.35. The average Bonchev–Trinajstić information content (AvgIpc) is 3.17. The van der Waals surface area contributed by atoms with Crippen LogP contribution >= 0.6 is 23.1 Å². The molecule has 5 nitrogen and oxygen atoms in total. The molecular formula is C23H18F2N2O3S2. The van der Waals surface area contributed by atoms with E-state index in [1.165, 1.54) is 11.3 Å². The molecule has 1 N–H and O–H groups in total. The normalized spacial score (nSPS) is 12.0. The van der Waals surface area contributed by atoms with Gasteiger partial charge in [0.25, 0.3) is 11.7 Å². The van der Waals surface area contributed by atoms with Crippen LogP contribution in [0.4, 0.5) is 13.9 Å². The number of rotatable bonds is 8. The van der Waals surface area contributed by atoms with Crippen molar-refractivity contribution in [1.29, 1.82) is 0 Å². The number of thioether (sulfide) groups is 1. The zero-order chi connectivity index (χ0) is 22.5. The van der Waals surface area contributed by atoms with Crippen molar-refractivity contribution < 1.29 is 23.0 Å². The lowest BCUT2D eigenvalue weighted by molar-refractivity contribution is -0.122. The second-order valence-electron chi connectivity index (χ2n) is 6.66. The van der Waals surface area contributed by atoms with Crippen LogP contribution in [0.5, 0.6) is 17.2 Å². The Morgan fingerprint density at radius 3 is 2.41 bits per heavy atom. The van der Waals surface area contributed by atoms with Crippen LogP contribution in [0.2, 0.25) is 0 Å². The van der Waals surface area contributed by atoms with E-state index < -0.39 is 11.9 Å². The van der Waals surface area contributed by atoms with Gasteiger partial charge >= 0.3 is 0 Å². The fourth-order valence-electron chi connectivity index (χ4n) is 2.81. The predicted molar refractivity (Wildman–Crippen MR) is 123 cm³/mol. The molecule has 0 spiro atoms. The second kappa shape index (κ2) is 9.97. The molecule has 0 aliphatic carbocycles. The monoisotopic (exact) mass is 472 g/mol. The van der Waals surface area contributed by atoms with Crippen molar-refractivity contribution >= 4 is 44.4 Å². The van der Waals surface area contributed by atoms with Gasteiger partial charge in [-0.2, -0.15) is 8.78 Å². The van der Waals surface area contributed by atoms with E-state index in [1.807, 2.05) is 30.3 Å². The van der Waals surface area contributed by atoms with Gasteiger partial charge < -0.3 is 9.47 Å². The third-order valence-electron chi connectivity index (χ3n) is 4.30. The highest BCUT2D eigenvalue weighted by Gasteiger charge is 2.17. The standard InChI is InChI=1S/C23H18F2N2O3S2/c1-14(29-16-7-9-17(10-8-16)30-15-5-3-2-4-6-15)21(28)27-23-26-19-12-11-18(31-22(24)25)13-20(19)32-23/h2-14,22H,1H3,(H,26,27,28). The summed E-state index contributed by atoms with van der Waals surface area (Å²) in [6.07, 6.45) is -0.771. The Morgan fingerprint density at radius 1 is 1.00 bits per heavy atom. The maximum Gasteiger partial charge on any atom is 0.288 e. The first-order valence-corrected chi connectivity index (χ1v) is 11.3. The fraction of sp³-hybridized carbons (Fsp3) is 0.130. The number of benzene rings is 3. The van der Waals surface area contributed by atoms with Crippen LogP contribution < -0.4 is 14.8 Å². The molecular weight excluding hydrogens is 454 g/mol. The largest absolute Gasteiger partial charge is 0.481 e. The van der Waals surface area contributed by atoms with Gasteiger partial charge in [-0.3, -0.25) is 10.1 Å². The van der Waals surface area contributed by atoms with Crippen molar-refractivity contribution in [3.63, 3.8) is 0 Å². The first-order chi connectivity index (χ1) is 15.5. The Kier molecular flexibility index (Phi) is 6.87. The molecule has 1 amide bonds. The van der Waals surface area contributed by atoms with Gasteiger partial charge in [0.2, 0.25) is 0 Å². The van der Waals surface area contributed by atoms with E-state index in [0.29, 0.717) is 43.5 Å². The molecule has 1 atom stereocenters. The first-order valence-electron chi connectivity index (χ1n) is 9.62. The number of anilines is 1. The van der Waals surface area contributed by atoms with Gasteiger partial charge in [-0.15, -0.1) is 0 Å². The minimum absolute atomic E-state index is 0.365. The summed E-state index contributed by atoms with van der Waals surface area (Å²) < 4.78 is 37.3. The van der Waals surface area contributed by atoms with Crippen molar-refractivity contribution in [3.05, 3.63) is 72.8 Å². The maximum absolute atomic E-state index is 12.6. The van der Waals surface area contributed by atoms with Crippen molar-refractivity contribution in [2.75, 3.05) is 5.32 Å². The van der Waals surface area contributed by atoms with Crippen LogP contribution in [0, 0.1) is 0 Å². The number of nitrogens with zero attached hydrogens (tertiary/aromatic N) is 1. The van der Waals surface area contributed by atoms with Crippen molar-refractivity contribution in [1.82, 2.24) is 4.98 Å². The van der Waals surface area contributed by atoms with Crippen molar-refractivity contribution in [2.24, 2.45) is 0 Å². The highest BCUT2D eigenvalue weighted by Crippen LogP contribution is 2.32. The molecule has 0 bridgehead atoms. The van der Waals surface area contributed by atoms with Crippen LogP contribution in [0.15, 0.2) is 77.7 Å². The molecule has 1 aromatic heterocycles. The highest BCUT2D eigenvalue weighted by atomic mass is 32.2. The molecule has 164 valence electrons. The van der Waals surface area contributed by atoms with E-state index in [1.54, 1.807) is 49.4 Å². The van der Waals surface area contributed by atoms with Crippen molar-refractivity contribution in [3.8, 4) is 17.2 Å². The van der Waals surface area contributed by atoms with Gasteiger partial charge in [0, 0.05) is 4.90 Å². The minimum Gasteiger partial charge on any atom is -0.481 e. The van der Waals surface area contributed by atoms with Gasteiger partial charge in [0.05, 0.1) is 10.2 Å². The van der Waals surface area contributed by atoms with Gasteiger partial charge in [0.15, 0.2) is 11.2 Å². The Morgan fingerprint density at radius 2 is 1.69 bits per heavy atom. The van der Waals surface area contributed by atoms with E-state index in [9.17, 15) is 13.6 Å². The molecule has 0 saturated heterocycles. The van der Waals surface area contributed by atoms with E-state index in [4.69, 9.17) is 9.47 Å². The summed E-state index contributed by atoms with van der Waals surface area (Å²) >= 11 is 1.69. The Labute approximate surface area is 191 Å². The number of fused-ring (bicyclic) bond motifs is 1. The molecule has 1 heterocycles. The number of thiazole rings is 1.